The van der Waals surface area contributed by atoms with Gasteiger partial charge in [-0.2, -0.15) is 0 Å². The Morgan fingerprint density at radius 1 is 0.920 bits per heavy atom. The molecule has 1 aliphatic heterocycles. The zero-order valence-corrected chi connectivity index (χ0v) is 14.0. The number of benzene rings is 2. The average molecular weight is 348 g/mol. The predicted molar refractivity (Wildman–Crippen MR) is 100 cm³/mol. The first-order valence-corrected chi connectivity index (χ1v) is 8.24. The molecule has 4 rings (SSSR count). The van der Waals surface area contributed by atoms with Crippen LogP contribution in [0.4, 0.5) is 5.69 Å². The molecule has 4 nitrogen and oxygen atoms in total. The molecular formula is C20H14ClN3O. The van der Waals surface area contributed by atoms with Gasteiger partial charge in [0.05, 0.1) is 11.4 Å². The summed E-state index contributed by atoms with van der Waals surface area (Å²) in [6, 6.07) is 19.4. The van der Waals surface area contributed by atoms with Crippen molar-refractivity contribution in [3.63, 3.8) is 0 Å². The number of nitrogens with zero attached hydrogens (tertiary/aromatic N) is 2. The molecule has 5 heteroatoms. The summed E-state index contributed by atoms with van der Waals surface area (Å²) in [5, 5.41) is 3.38. The summed E-state index contributed by atoms with van der Waals surface area (Å²) in [4.78, 5) is 20.6. The van der Waals surface area contributed by atoms with Gasteiger partial charge in [0.2, 0.25) is 5.91 Å². The molecule has 0 aliphatic carbocycles. The van der Waals surface area contributed by atoms with Crippen molar-refractivity contribution in [3.8, 4) is 11.1 Å². The number of carbonyl (C=O) groups is 1. The second-order valence-electron chi connectivity index (χ2n) is 5.71. The Morgan fingerprint density at radius 3 is 2.48 bits per heavy atom. The summed E-state index contributed by atoms with van der Waals surface area (Å²) < 4.78 is 0. The van der Waals surface area contributed by atoms with Gasteiger partial charge in [-0.05, 0) is 29.8 Å². The number of fused-ring (bicyclic) bond motifs is 1. The Morgan fingerprint density at radius 2 is 1.72 bits per heavy atom. The maximum Gasteiger partial charge on any atom is 0.246 e. The highest BCUT2D eigenvalue weighted by atomic mass is 35.5. The highest BCUT2D eigenvalue weighted by Crippen LogP contribution is 2.29. The maximum absolute atomic E-state index is 12.0. The number of aromatic nitrogens is 1. The smallest absolute Gasteiger partial charge is 0.246 e. The molecular weight excluding hydrogens is 334 g/mol. The van der Waals surface area contributed by atoms with Crippen molar-refractivity contribution in [2.75, 3.05) is 11.9 Å². The summed E-state index contributed by atoms with van der Waals surface area (Å²) in [5.41, 5.74) is 5.38. The first kappa shape index (κ1) is 15.5. The number of rotatable bonds is 2. The molecule has 2 aromatic carbocycles. The molecule has 1 amide bonds. The van der Waals surface area contributed by atoms with Crippen LogP contribution in [0.25, 0.3) is 11.1 Å². The van der Waals surface area contributed by atoms with Crippen LogP contribution in [-0.4, -0.2) is 23.1 Å². The molecule has 2 heterocycles. The van der Waals surface area contributed by atoms with Gasteiger partial charge in [-0.25, -0.2) is 4.98 Å². The lowest BCUT2D eigenvalue weighted by atomic mass is 9.96. The third-order valence-corrected chi connectivity index (χ3v) is 4.26. The molecule has 0 saturated heterocycles. The van der Waals surface area contributed by atoms with Crippen LogP contribution < -0.4 is 5.32 Å². The summed E-state index contributed by atoms with van der Waals surface area (Å²) in [5.74, 6) is -0.118. The largest absolute Gasteiger partial charge is 0.324 e. The zero-order chi connectivity index (χ0) is 17.2. The summed E-state index contributed by atoms with van der Waals surface area (Å²) in [7, 11) is 0. The third kappa shape index (κ3) is 3.16. The number of pyridine rings is 1. The van der Waals surface area contributed by atoms with E-state index in [9.17, 15) is 4.79 Å². The van der Waals surface area contributed by atoms with E-state index in [2.05, 4.69) is 15.3 Å². The van der Waals surface area contributed by atoms with Crippen LogP contribution in [0.1, 0.15) is 11.1 Å². The Hall–Kier alpha value is -2.98. The first-order valence-electron chi connectivity index (χ1n) is 7.87. The fraction of sp³-hybridized carbons (Fsp3) is 0.0500. The van der Waals surface area contributed by atoms with Crippen molar-refractivity contribution < 1.29 is 4.79 Å². The first-order chi connectivity index (χ1) is 12.2. The Labute approximate surface area is 150 Å². The standard InChI is InChI=1S/C20H14ClN3O/c21-18-9-7-15(11-22-18)14-6-8-17-16(10-14)20(23-12-19(25)24-17)13-4-2-1-3-5-13/h1-11H,12H2,(H,24,25). The van der Waals surface area contributed by atoms with Gasteiger partial charge in [0.1, 0.15) is 11.7 Å². The van der Waals surface area contributed by atoms with Gasteiger partial charge in [-0.3, -0.25) is 9.79 Å². The van der Waals surface area contributed by atoms with E-state index in [4.69, 9.17) is 11.6 Å². The lowest BCUT2D eigenvalue weighted by molar-refractivity contribution is -0.114. The van der Waals surface area contributed by atoms with Crippen molar-refractivity contribution in [3.05, 3.63) is 83.1 Å². The molecule has 0 bridgehead atoms. The van der Waals surface area contributed by atoms with E-state index in [0.29, 0.717) is 5.15 Å². The van der Waals surface area contributed by atoms with Gasteiger partial charge >= 0.3 is 0 Å². The number of amides is 1. The van der Waals surface area contributed by atoms with Gasteiger partial charge in [-0.15, -0.1) is 0 Å². The van der Waals surface area contributed by atoms with Crippen molar-refractivity contribution in [1.29, 1.82) is 0 Å². The molecule has 0 atom stereocenters. The minimum atomic E-state index is -0.118. The van der Waals surface area contributed by atoms with Crippen LogP contribution in [0.5, 0.6) is 0 Å². The van der Waals surface area contributed by atoms with Gasteiger partial charge in [0, 0.05) is 22.9 Å². The normalized spacial score (nSPS) is 13.5. The minimum Gasteiger partial charge on any atom is -0.324 e. The number of hydrogen-bond acceptors (Lipinski definition) is 3. The Balaban J connectivity index is 1.86. The van der Waals surface area contributed by atoms with Crippen molar-refractivity contribution in [2.45, 2.75) is 0 Å². The molecule has 0 saturated carbocycles. The molecule has 1 N–H and O–H groups in total. The van der Waals surface area contributed by atoms with Gasteiger partial charge in [0.25, 0.3) is 0 Å². The highest BCUT2D eigenvalue weighted by molar-refractivity contribution is 6.29. The topological polar surface area (TPSA) is 54.4 Å². The Bertz CT molecular complexity index is 966. The molecule has 1 aliphatic rings. The van der Waals surface area contributed by atoms with Crippen molar-refractivity contribution in [2.24, 2.45) is 4.99 Å². The number of aliphatic imine (C=N–C) groups is 1. The highest BCUT2D eigenvalue weighted by Gasteiger charge is 2.18. The fourth-order valence-electron chi connectivity index (χ4n) is 2.84. The van der Waals surface area contributed by atoms with Crippen LogP contribution in [0.15, 0.2) is 71.9 Å². The van der Waals surface area contributed by atoms with E-state index in [1.54, 1.807) is 12.3 Å². The van der Waals surface area contributed by atoms with Crippen molar-refractivity contribution >= 4 is 28.9 Å². The number of carbonyl (C=O) groups excluding carboxylic acids is 1. The zero-order valence-electron chi connectivity index (χ0n) is 13.2. The van der Waals surface area contributed by atoms with E-state index in [0.717, 1.165) is 33.7 Å². The second-order valence-corrected chi connectivity index (χ2v) is 6.10. The van der Waals surface area contributed by atoms with Crippen molar-refractivity contribution in [1.82, 2.24) is 4.98 Å². The monoisotopic (exact) mass is 347 g/mol. The molecule has 25 heavy (non-hydrogen) atoms. The summed E-state index contributed by atoms with van der Waals surface area (Å²) in [6.07, 6.45) is 1.73. The van der Waals surface area contributed by atoms with Crippen LogP contribution in [0, 0.1) is 0 Å². The number of halogens is 1. The number of nitrogens with one attached hydrogen (secondary N) is 1. The van der Waals surface area contributed by atoms with Crippen LogP contribution in [0.3, 0.4) is 0 Å². The van der Waals surface area contributed by atoms with Gasteiger partial charge in [0.15, 0.2) is 0 Å². The van der Waals surface area contributed by atoms with E-state index in [1.165, 1.54) is 0 Å². The SMILES string of the molecule is O=C1CN=C(c2ccccc2)c2cc(-c3ccc(Cl)nc3)ccc2N1. The van der Waals surface area contributed by atoms with Gasteiger partial charge < -0.3 is 5.32 Å². The third-order valence-electron chi connectivity index (χ3n) is 4.04. The second kappa shape index (κ2) is 6.49. The van der Waals surface area contributed by atoms with E-state index < -0.39 is 0 Å². The predicted octanol–water partition coefficient (Wildman–Crippen LogP) is 4.19. The van der Waals surface area contributed by atoms with Crippen LogP contribution in [0.2, 0.25) is 5.15 Å². The Kier molecular flexibility index (Phi) is 4.04. The quantitative estimate of drug-likeness (QED) is 0.707. The number of anilines is 1. The van der Waals surface area contributed by atoms with Crippen LogP contribution in [-0.2, 0) is 4.79 Å². The molecule has 0 fully saturated rings. The fourth-order valence-corrected chi connectivity index (χ4v) is 2.96. The lowest BCUT2D eigenvalue weighted by Gasteiger charge is -2.12. The van der Waals surface area contributed by atoms with Gasteiger partial charge in [-0.1, -0.05) is 48.0 Å². The van der Waals surface area contributed by atoms with E-state index >= 15 is 0 Å². The number of hydrogen-bond donors (Lipinski definition) is 1. The molecule has 0 radical (unpaired) electrons. The molecule has 122 valence electrons. The lowest BCUT2D eigenvalue weighted by Crippen LogP contribution is -2.13. The molecule has 0 unspecified atom stereocenters. The molecule has 1 aromatic heterocycles. The minimum absolute atomic E-state index is 0.108. The van der Waals surface area contributed by atoms with E-state index in [-0.39, 0.29) is 12.5 Å². The maximum atomic E-state index is 12.0. The molecule has 0 spiro atoms. The van der Waals surface area contributed by atoms with Crippen LogP contribution >= 0.6 is 11.6 Å². The average Bonchev–Trinajstić information content (AvgIpc) is 2.81. The molecule has 3 aromatic rings. The summed E-state index contributed by atoms with van der Waals surface area (Å²) >= 11 is 5.88. The summed E-state index contributed by atoms with van der Waals surface area (Å²) in [6.45, 7) is 0.108. The van der Waals surface area contributed by atoms with E-state index in [1.807, 2.05) is 54.6 Å². The number of benzodiazepines with no additional fused rings is 1.